The smallest absolute Gasteiger partial charge is 0.147 e. The van der Waals surface area contributed by atoms with Crippen LogP contribution in [0.25, 0.3) is 0 Å². The molecule has 112 valence electrons. The van der Waals surface area contributed by atoms with Crippen LogP contribution in [-0.4, -0.2) is 18.8 Å². The average Bonchev–Trinajstić information content (AvgIpc) is 3.00. The predicted octanol–water partition coefficient (Wildman–Crippen LogP) is 3.85. The molecule has 1 N–H and O–H groups in total. The molecule has 0 heterocycles. The van der Waals surface area contributed by atoms with Crippen LogP contribution in [0.1, 0.15) is 44.6 Å². The van der Waals surface area contributed by atoms with Gasteiger partial charge in [-0.2, -0.15) is 5.26 Å². The summed E-state index contributed by atoms with van der Waals surface area (Å²) in [6.07, 6.45) is 6.03. The van der Waals surface area contributed by atoms with Gasteiger partial charge in [0.2, 0.25) is 0 Å². The summed E-state index contributed by atoms with van der Waals surface area (Å²) in [6, 6.07) is 6.86. The summed E-state index contributed by atoms with van der Waals surface area (Å²) in [5.74, 6) is -0.345. The number of anilines is 1. The van der Waals surface area contributed by atoms with Crippen LogP contribution in [0.15, 0.2) is 18.2 Å². The molecule has 3 rings (SSSR count). The lowest BCUT2D eigenvalue weighted by atomic mass is 9.60. The molecule has 2 aliphatic carbocycles. The highest BCUT2D eigenvalue weighted by atomic mass is 19.1. The predicted molar refractivity (Wildman–Crippen MR) is 79.5 cm³/mol. The van der Waals surface area contributed by atoms with Crippen LogP contribution in [-0.2, 0) is 4.74 Å². The lowest BCUT2D eigenvalue weighted by Crippen LogP contribution is -2.60. The molecule has 2 atom stereocenters. The molecule has 3 nitrogen and oxygen atoms in total. The zero-order valence-corrected chi connectivity index (χ0v) is 12.4. The molecule has 21 heavy (non-hydrogen) atoms. The van der Waals surface area contributed by atoms with E-state index >= 15 is 0 Å². The van der Waals surface area contributed by atoms with E-state index in [0.717, 1.165) is 25.9 Å². The van der Waals surface area contributed by atoms with E-state index in [-0.39, 0.29) is 17.3 Å². The highest BCUT2D eigenvalue weighted by Gasteiger charge is 2.56. The molecule has 2 aliphatic rings. The van der Waals surface area contributed by atoms with E-state index in [4.69, 9.17) is 10.00 Å². The number of rotatable bonds is 4. The minimum absolute atomic E-state index is 0.177. The molecule has 4 heteroatoms. The molecule has 1 spiro atoms. The fourth-order valence-electron chi connectivity index (χ4n) is 3.98. The maximum Gasteiger partial charge on any atom is 0.147 e. The molecule has 0 aliphatic heterocycles. The molecule has 2 saturated carbocycles. The highest BCUT2D eigenvalue weighted by molar-refractivity contribution is 5.50. The number of nitriles is 1. The maximum absolute atomic E-state index is 14.0. The van der Waals surface area contributed by atoms with Crippen molar-refractivity contribution in [3.63, 3.8) is 0 Å². The first-order valence-corrected chi connectivity index (χ1v) is 7.77. The van der Waals surface area contributed by atoms with Crippen molar-refractivity contribution in [2.24, 2.45) is 5.41 Å². The second kappa shape index (κ2) is 5.65. The number of hydrogen-bond acceptors (Lipinski definition) is 3. The minimum Gasteiger partial charge on any atom is -0.379 e. The molecular weight excluding hydrogens is 267 g/mol. The molecule has 2 unspecified atom stereocenters. The number of nitrogens with one attached hydrogen (secondary N) is 1. The molecule has 0 bridgehead atoms. The Kier molecular flexibility index (Phi) is 3.86. The summed E-state index contributed by atoms with van der Waals surface area (Å²) in [6.45, 7) is 2.77. The molecule has 0 amide bonds. The number of benzene rings is 1. The van der Waals surface area contributed by atoms with E-state index in [1.165, 1.54) is 18.9 Å². The van der Waals surface area contributed by atoms with Gasteiger partial charge in [-0.25, -0.2) is 4.39 Å². The van der Waals surface area contributed by atoms with Gasteiger partial charge in [0.25, 0.3) is 0 Å². The van der Waals surface area contributed by atoms with Crippen LogP contribution >= 0.6 is 0 Å². The fraction of sp³-hybridized carbons (Fsp3) is 0.588. The first-order valence-electron chi connectivity index (χ1n) is 7.77. The van der Waals surface area contributed by atoms with E-state index in [1.54, 1.807) is 12.1 Å². The van der Waals surface area contributed by atoms with Crippen molar-refractivity contribution in [2.75, 3.05) is 11.9 Å². The number of nitrogens with zero attached hydrogens (tertiary/aromatic N) is 1. The van der Waals surface area contributed by atoms with Crippen molar-refractivity contribution in [1.82, 2.24) is 0 Å². The lowest BCUT2D eigenvalue weighted by Gasteiger charge is -2.54. The lowest BCUT2D eigenvalue weighted by molar-refractivity contribution is -0.114. The summed E-state index contributed by atoms with van der Waals surface area (Å²) >= 11 is 0. The van der Waals surface area contributed by atoms with Crippen molar-refractivity contribution < 1.29 is 9.13 Å². The maximum atomic E-state index is 14.0. The van der Waals surface area contributed by atoms with Crippen LogP contribution in [0.3, 0.4) is 0 Å². The third-order valence-corrected chi connectivity index (χ3v) is 5.12. The zero-order chi connectivity index (χ0) is 14.9. The Morgan fingerprint density at radius 3 is 2.81 bits per heavy atom. The summed E-state index contributed by atoms with van der Waals surface area (Å²) in [5, 5.41) is 12.2. The summed E-state index contributed by atoms with van der Waals surface area (Å²) in [5.41, 5.74) is 1.03. The SMILES string of the molecule is CCOC1CC(Nc2ccc(C#N)cc2F)C12CCCC2. The molecule has 0 radical (unpaired) electrons. The molecule has 0 aromatic heterocycles. The van der Waals surface area contributed by atoms with Gasteiger partial charge >= 0.3 is 0 Å². The Bertz CT molecular complexity index is 560. The first-order chi connectivity index (χ1) is 10.2. The highest BCUT2D eigenvalue weighted by Crippen LogP contribution is 2.55. The van der Waals surface area contributed by atoms with E-state index in [2.05, 4.69) is 5.32 Å². The van der Waals surface area contributed by atoms with Crippen LogP contribution in [0.4, 0.5) is 10.1 Å². The van der Waals surface area contributed by atoms with Gasteiger partial charge in [-0.15, -0.1) is 0 Å². The Labute approximate surface area is 125 Å². The topological polar surface area (TPSA) is 45.0 Å². The Balaban J connectivity index is 1.75. The molecule has 0 saturated heterocycles. The minimum atomic E-state index is -0.345. The second-order valence-electron chi connectivity index (χ2n) is 6.12. The number of hydrogen-bond donors (Lipinski definition) is 1. The van der Waals surface area contributed by atoms with Crippen molar-refractivity contribution in [3.05, 3.63) is 29.6 Å². The van der Waals surface area contributed by atoms with Crippen molar-refractivity contribution >= 4 is 5.69 Å². The van der Waals surface area contributed by atoms with Gasteiger partial charge in [-0.1, -0.05) is 12.8 Å². The monoisotopic (exact) mass is 288 g/mol. The van der Waals surface area contributed by atoms with E-state index in [0.29, 0.717) is 17.4 Å². The van der Waals surface area contributed by atoms with E-state index < -0.39 is 0 Å². The number of ether oxygens (including phenoxy) is 1. The van der Waals surface area contributed by atoms with Crippen LogP contribution in [0, 0.1) is 22.6 Å². The van der Waals surface area contributed by atoms with Crippen molar-refractivity contribution in [2.45, 2.75) is 51.2 Å². The first kappa shape index (κ1) is 14.3. The van der Waals surface area contributed by atoms with Crippen molar-refractivity contribution in [3.8, 4) is 6.07 Å². The Morgan fingerprint density at radius 2 is 2.19 bits per heavy atom. The standard InChI is InChI=1S/C17H21FN2O/c1-2-21-16-10-15(17(16)7-3-4-8-17)20-14-6-5-12(11-19)9-13(14)18/h5-6,9,15-16,20H,2-4,7-8,10H2,1H3. The van der Waals surface area contributed by atoms with Crippen LogP contribution < -0.4 is 5.32 Å². The number of halogens is 1. The van der Waals surface area contributed by atoms with Gasteiger partial charge in [-0.05, 0) is 44.4 Å². The van der Waals surface area contributed by atoms with E-state index in [9.17, 15) is 4.39 Å². The van der Waals surface area contributed by atoms with Crippen molar-refractivity contribution in [1.29, 1.82) is 5.26 Å². The average molecular weight is 288 g/mol. The molecule has 2 fully saturated rings. The third-order valence-electron chi connectivity index (χ3n) is 5.12. The molecule has 1 aromatic carbocycles. The van der Waals surface area contributed by atoms with Gasteiger partial charge in [-0.3, -0.25) is 0 Å². The van der Waals surface area contributed by atoms with Gasteiger partial charge in [0.15, 0.2) is 0 Å². The third kappa shape index (κ3) is 2.40. The van der Waals surface area contributed by atoms with E-state index in [1.807, 2.05) is 13.0 Å². The second-order valence-corrected chi connectivity index (χ2v) is 6.12. The normalized spacial score (nSPS) is 26.3. The van der Waals surface area contributed by atoms with Crippen LogP contribution in [0.2, 0.25) is 0 Å². The van der Waals surface area contributed by atoms with Gasteiger partial charge in [0, 0.05) is 18.1 Å². The van der Waals surface area contributed by atoms with Gasteiger partial charge in [0.05, 0.1) is 23.4 Å². The van der Waals surface area contributed by atoms with Crippen LogP contribution in [0.5, 0.6) is 0 Å². The largest absolute Gasteiger partial charge is 0.379 e. The Morgan fingerprint density at radius 1 is 1.43 bits per heavy atom. The quantitative estimate of drug-likeness (QED) is 0.915. The van der Waals surface area contributed by atoms with Gasteiger partial charge in [0.1, 0.15) is 5.82 Å². The summed E-state index contributed by atoms with van der Waals surface area (Å²) < 4.78 is 19.9. The van der Waals surface area contributed by atoms with Gasteiger partial charge < -0.3 is 10.1 Å². The molecular formula is C17H21FN2O. The zero-order valence-electron chi connectivity index (χ0n) is 12.4. The Hall–Kier alpha value is -1.60. The fourth-order valence-corrected chi connectivity index (χ4v) is 3.98. The summed E-state index contributed by atoms with van der Waals surface area (Å²) in [4.78, 5) is 0. The molecule has 1 aromatic rings. The summed E-state index contributed by atoms with van der Waals surface area (Å²) in [7, 11) is 0.